The molecule has 3 aromatic carbocycles. The molecule has 0 atom stereocenters. The highest BCUT2D eigenvalue weighted by Crippen LogP contribution is 2.32. The molecule has 3 heteroatoms. The summed E-state index contributed by atoms with van der Waals surface area (Å²) in [7, 11) is 1.75. The number of hydrogen-bond donors (Lipinski definition) is 0. The fraction of sp³-hybridized carbons (Fsp3) is 0.382. The molecule has 1 saturated heterocycles. The highest BCUT2D eigenvalue weighted by molar-refractivity contribution is 5.96. The smallest absolute Gasteiger partial charge is 0.162 e. The van der Waals surface area contributed by atoms with E-state index in [0.29, 0.717) is 6.42 Å². The van der Waals surface area contributed by atoms with Crippen molar-refractivity contribution in [3.05, 3.63) is 107 Å². The van der Waals surface area contributed by atoms with Crippen molar-refractivity contribution in [1.82, 2.24) is 4.90 Å². The Labute approximate surface area is 223 Å². The SMILES string of the molecule is COc1ccccc1CC(=C1CCN(CCCC(=O)c2ccc(C(C)(C)C)cc2)CC1)c1ccccc1. The average molecular weight is 496 g/mol. The van der Waals surface area contributed by atoms with Gasteiger partial charge in [-0.3, -0.25) is 4.79 Å². The maximum atomic E-state index is 12.7. The third-order valence-electron chi connectivity index (χ3n) is 7.52. The first-order valence-corrected chi connectivity index (χ1v) is 13.6. The Morgan fingerprint density at radius 1 is 0.838 bits per heavy atom. The molecule has 3 nitrogen and oxygen atoms in total. The van der Waals surface area contributed by atoms with Crippen LogP contribution in [0.4, 0.5) is 0 Å². The normalized spacial score (nSPS) is 14.4. The summed E-state index contributed by atoms with van der Waals surface area (Å²) in [4.78, 5) is 15.3. The van der Waals surface area contributed by atoms with Gasteiger partial charge in [0, 0.05) is 31.5 Å². The summed E-state index contributed by atoms with van der Waals surface area (Å²) in [6.45, 7) is 9.67. The number of methoxy groups -OCH3 is 1. The average Bonchev–Trinajstić information content (AvgIpc) is 2.92. The maximum absolute atomic E-state index is 12.7. The van der Waals surface area contributed by atoms with Crippen LogP contribution in [0.2, 0.25) is 0 Å². The lowest BCUT2D eigenvalue weighted by Crippen LogP contribution is -2.32. The molecular weight excluding hydrogens is 454 g/mol. The molecule has 1 fully saturated rings. The number of carbonyl (C=O) groups excluding carboxylic acids is 1. The van der Waals surface area contributed by atoms with E-state index in [1.807, 2.05) is 24.3 Å². The van der Waals surface area contributed by atoms with Gasteiger partial charge in [-0.05, 0) is 59.6 Å². The monoisotopic (exact) mass is 495 g/mol. The van der Waals surface area contributed by atoms with Gasteiger partial charge in [0.25, 0.3) is 0 Å². The molecule has 0 radical (unpaired) electrons. The summed E-state index contributed by atoms with van der Waals surface area (Å²) in [5.74, 6) is 1.20. The minimum absolute atomic E-state index is 0.108. The molecule has 194 valence electrons. The first kappa shape index (κ1) is 26.9. The van der Waals surface area contributed by atoms with Gasteiger partial charge in [-0.25, -0.2) is 0 Å². The van der Waals surface area contributed by atoms with Crippen molar-refractivity contribution in [3.8, 4) is 5.75 Å². The summed E-state index contributed by atoms with van der Waals surface area (Å²) < 4.78 is 5.64. The van der Waals surface area contributed by atoms with Gasteiger partial charge in [-0.1, -0.05) is 99.1 Å². The molecule has 0 bridgehead atoms. The van der Waals surface area contributed by atoms with Gasteiger partial charge in [0.15, 0.2) is 5.78 Å². The predicted molar refractivity (Wildman–Crippen MR) is 154 cm³/mol. The zero-order chi connectivity index (χ0) is 26.3. The first-order valence-electron chi connectivity index (χ1n) is 13.6. The van der Waals surface area contributed by atoms with Crippen LogP contribution >= 0.6 is 0 Å². The van der Waals surface area contributed by atoms with E-state index in [0.717, 1.165) is 56.6 Å². The Morgan fingerprint density at radius 2 is 1.49 bits per heavy atom. The fourth-order valence-corrected chi connectivity index (χ4v) is 5.22. The van der Waals surface area contributed by atoms with E-state index in [1.165, 1.54) is 22.3 Å². The molecule has 0 N–H and O–H groups in total. The van der Waals surface area contributed by atoms with Gasteiger partial charge >= 0.3 is 0 Å². The van der Waals surface area contributed by atoms with Gasteiger partial charge in [0.05, 0.1) is 7.11 Å². The third-order valence-corrected chi connectivity index (χ3v) is 7.52. The van der Waals surface area contributed by atoms with Crippen LogP contribution in [0.3, 0.4) is 0 Å². The maximum Gasteiger partial charge on any atom is 0.162 e. The summed E-state index contributed by atoms with van der Waals surface area (Å²) in [5.41, 5.74) is 7.72. The summed E-state index contributed by atoms with van der Waals surface area (Å²) in [5, 5.41) is 0. The Kier molecular flexibility index (Phi) is 9.00. The number of likely N-dealkylation sites (tertiary alicyclic amines) is 1. The first-order chi connectivity index (χ1) is 17.8. The lowest BCUT2D eigenvalue weighted by molar-refractivity contribution is 0.0974. The van der Waals surface area contributed by atoms with Crippen molar-refractivity contribution >= 4 is 11.4 Å². The number of ether oxygens (including phenoxy) is 1. The molecule has 0 saturated carbocycles. The van der Waals surface area contributed by atoms with Crippen LogP contribution in [0.5, 0.6) is 5.75 Å². The molecule has 0 amide bonds. The van der Waals surface area contributed by atoms with Crippen LogP contribution < -0.4 is 4.74 Å². The number of para-hydroxylation sites is 1. The van der Waals surface area contributed by atoms with E-state index in [4.69, 9.17) is 4.74 Å². The minimum Gasteiger partial charge on any atom is -0.496 e. The number of carbonyl (C=O) groups is 1. The van der Waals surface area contributed by atoms with Crippen LogP contribution in [0.25, 0.3) is 5.57 Å². The summed E-state index contributed by atoms with van der Waals surface area (Å²) in [6.07, 6.45) is 4.54. The number of piperidine rings is 1. The van der Waals surface area contributed by atoms with E-state index in [2.05, 4.69) is 80.3 Å². The molecule has 4 rings (SSSR count). The molecule has 37 heavy (non-hydrogen) atoms. The van der Waals surface area contributed by atoms with Gasteiger partial charge in [0.2, 0.25) is 0 Å². The molecule has 1 aliphatic heterocycles. The zero-order valence-electron chi connectivity index (χ0n) is 22.9. The van der Waals surface area contributed by atoms with Crippen LogP contribution in [-0.4, -0.2) is 37.4 Å². The van der Waals surface area contributed by atoms with Gasteiger partial charge in [-0.15, -0.1) is 0 Å². The molecular formula is C34H41NO2. The quantitative estimate of drug-likeness (QED) is 0.284. The van der Waals surface area contributed by atoms with Crippen LogP contribution in [0.15, 0.2) is 84.4 Å². The second kappa shape index (κ2) is 12.4. The van der Waals surface area contributed by atoms with Crippen LogP contribution in [0, 0.1) is 0 Å². The van der Waals surface area contributed by atoms with E-state index in [9.17, 15) is 4.79 Å². The molecule has 0 aromatic heterocycles. The molecule has 1 aliphatic rings. The molecule has 0 aliphatic carbocycles. The lowest BCUT2D eigenvalue weighted by Gasteiger charge is -2.30. The van der Waals surface area contributed by atoms with E-state index in [1.54, 1.807) is 12.7 Å². The molecule has 0 spiro atoms. The van der Waals surface area contributed by atoms with Crippen molar-refractivity contribution in [2.75, 3.05) is 26.7 Å². The van der Waals surface area contributed by atoms with Crippen molar-refractivity contribution in [1.29, 1.82) is 0 Å². The van der Waals surface area contributed by atoms with Crippen molar-refractivity contribution in [2.45, 2.75) is 58.3 Å². The number of Topliss-reactive ketones (excluding diaryl/α,β-unsaturated/α-hetero) is 1. The van der Waals surface area contributed by atoms with Crippen molar-refractivity contribution in [2.24, 2.45) is 0 Å². The Morgan fingerprint density at radius 3 is 2.14 bits per heavy atom. The fourth-order valence-electron chi connectivity index (χ4n) is 5.22. The largest absolute Gasteiger partial charge is 0.496 e. The van der Waals surface area contributed by atoms with Crippen molar-refractivity contribution < 1.29 is 9.53 Å². The van der Waals surface area contributed by atoms with Gasteiger partial charge in [0.1, 0.15) is 5.75 Å². The van der Waals surface area contributed by atoms with Crippen LogP contribution in [0.1, 0.15) is 73.5 Å². The minimum atomic E-state index is 0.108. The summed E-state index contributed by atoms with van der Waals surface area (Å²) >= 11 is 0. The number of benzene rings is 3. The van der Waals surface area contributed by atoms with E-state index < -0.39 is 0 Å². The second-order valence-corrected chi connectivity index (χ2v) is 11.1. The molecule has 3 aromatic rings. The Bertz CT molecular complexity index is 1190. The number of ketones is 1. The lowest BCUT2D eigenvalue weighted by atomic mass is 9.86. The molecule has 1 heterocycles. The standard InChI is InChI=1S/C34H41NO2/c1-34(2,3)30-18-16-28(17-19-30)32(36)14-10-22-35-23-20-27(21-24-35)31(26-11-6-5-7-12-26)25-29-13-8-9-15-33(29)37-4/h5-9,11-13,15-19H,10,14,20-25H2,1-4H3. The van der Waals surface area contributed by atoms with Gasteiger partial charge < -0.3 is 9.64 Å². The topological polar surface area (TPSA) is 29.5 Å². The number of hydrogen-bond acceptors (Lipinski definition) is 3. The van der Waals surface area contributed by atoms with Crippen LogP contribution in [-0.2, 0) is 11.8 Å². The Balaban J connectivity index is 1.35. The second-order valence-electron chi connectivity index (χ2n) is 11.1. The third kappa shape index (κ3) is 7.20. The zero-order valence-corrected chi connectivity index (χ0v) is 22.9. The highest BCUT2D eigenvalue weighted by atomic mass is 16.5. The van der Waals surface area contributed by atoms with Gasteiger partial charge in [-0.2, -0.15) is 0 Å². The number of nitrogens with zero attached hydrogens (tertiary/aromatic N) is 1. The van der Waals surface area contributed by atoms with Crippen molar-refractivity contribution in [3.63, 3.8) is 0 Å². The van der Waals surface area contributed by atoms with E-state index >= 15 is 0 Å². The summed E-state index contributed by atoms with van der Waals surface area (Å²) in [6, 6.07) is 27.3. The highest BCUT2D eigenvalue weighted by Gasteiger charge is 2.20. The predicted octanol–water partition coefficient (Wildman–Crippen LogP) is 7.75. The number of rotatable bonds is 9. The van der Waals surface area contributed by atoms with E-state index in [-0.39, 0.29) is 11.2 Å². The number of allylic oxidation sites excluding steroid dienone is 1. The Hall–Kier alpha value is -3.17. The molecule has 0 unspecified atom stereocenters.